The fourth-order valence-corrected chi connectivity index (χ4v) is 1.10. The van der Waals surface area contributed by atoms with Crippen LogP contribution in [0.1, 0.15) is 0 Å². The van der Waals surface area contributed by atoms with Crippen LogP contribution in [0.5, 0.6) is 0 Å². The van der Waals surface area contributed by atoms with Gasteiger partial charge in [0.25, 0.3) is 0 Å². The van der Waals surface area contributed by atoms with E-state index in [0.29, 0.717) is 16.6 Å². The third-order valence-electron chi connectivity index (χ3n) is 1.27. The first-order valence-corrected chi connectivity index (χ1v) is 3.37. The number of fused-ring (bicyclic) bond motifs is 1. The zero-order valence-corrected chi connectivity index (χ0v) is 6.36. The lowest BCUT2D eigenvalue weighted by Gasteiger charge is -1.96. The third kappa shape index (κ3) is 0.911. The largest absolute Gasteiger partial charge is 0.383 e. The first-order valence-electron chi connectivity index (χ1n) is 2.92. The Morgan fingerprint density at radius 2 is 2.36 bits per heavy atom. The first-order chi connectivity index (χ1) is 5.27. The van der Waals surface area contributed by atoms with Gasteiger partial charge in [-0.3, -0.25) is 0 Å². The molecular formula is C5H5N5S. The molecule has 0 saturated heterocycles. The van der Waals surface area contributed by atoms with Crippen molar-refractivity contribution in [1.82, 2.24) is 19.6 Å². The molecule has 2 aromatic heterocycles. The molecule has 0 radical (unpaired) electrons. The Morgan fingerprint density at radius 3 is 3.18 bits per heavy atom. The summed E-state index contributed by atoms with van der Waals surface area (Å²) in [7, 11) is 0. The van der Waals surface area contributed by atoms with E-state index in [1.807, 2.05) is 0 Å². The number of hydrogen-bond donors (Lipinski definition) is 2. The van der Waals surface area contributed by atoms with Crippen LogP contribution in [0.4, 0.5) is 5.82 Å². The second kappa shape index (κ2) is 2.09. The Kier molecular flexibility index (Phi) is 1.22. The average molecular weight is 167 g/mol. The van der Waals surface area contributed by atoms with Gasteiger partial charge in [0.1, 0.15) is 12.1 Å². The molecule has 0 atom stereocenters. The Labute approximate surface area is 67.7 Å². The molecule has 0 bridgehead atoms. The molecule has 0 aliphatic heterocycles. The van der Waals surface area contributed by atoms with Crippen LogP contribution >= 0.6 is 12.6 Å². The summed E-state index contributed by atoms with van der Waals surface area (Å²) in [5.74, 6) is 0.399. The zero-order chi connectivity index (χ0) is 7.84. The highest BCUT2D eigenvalue weighted by Crippen LogP contribution is 2.08. The van der Waals surface area contributed by atoms with Gasteiger partial charge in [-0.2, -0.15) is 9.61 Å². The molecule has 2 N–H and O–H groups in total. The molecule has 2 rings (SSSR count). The number of hydrogen-bond acceptors (Lipinski definition) is 5. The Balaban J connectivity index is 2.91. The maximum absolute atomic E-state index is 5.44. The SMILES string of the molecule is Nc1cc2ncnn2c(S)n1. The van der Waals surface area contributed by atoms with E-state index >= 15 is 0 Å². The van der Waals surface area contributed by atoms with Crippen molar-refractivity contribution < 1.29 is 0 Å². The molecule has 0 amide bonds. The summed E-state index contributed by atoms with van der Waals surface area (Å²) in [6.45, 7) is 0. The van der Waals surface area contributed by atoms with Gasteiger partial charge >= 0.3 is 0 Å². The summed E-state index contributed by atoms with van der Waals surface area (Å²) in [5, 5.41) is 4.31. The van der Waals surface area contributed by atoms with Crippen LogP contribution in [0.2, 0.25) is 0 Å². The van der Waals surface area contributed by atoms with Crippen molar-refractivity contribution in [1.29, 1.82) is 0 Å². The molecule has 0 saturated carbocycles. The van der Waals surface area contributed by atoms with Crippen molar-refractivity contribution in [2.75, 3.05) is 5.73 Å². The number of nitrogen functional groups attached to an aromatic ring is 1. The molecule has 11 heavy (non-hydrogen) atoms. The average Bonchev–Trinajstić information content (AvgIpc) is 2.34. The topological polar surface area (TPSA) is 69.1 Å². The minimum atomic E-state index is 0.399. The third-order valence-corrected chi connectivity index (χ3v) is 1.56. The number of thiol groups is 1. The number of nitrogens with two attached hydrogens (primary N) is 1. The van der Waals surface area contributed by atoms with Crippen molar-refractivity contribution in [3.63, 3.8) is 0 Å². The summed E-state index contributed by atoms with van der Waals surface area (Å²) in [6.07, 6.45) is 1.43. The van der Waals surface area contributed by atoms with Gasteiger partial charge in [-0.05, 0) is 0 Å². The van der Waals surface area contributed by atoms with E-state index in [0.717, 1.165) is 0 Å². The van der Waals surface area contributed by atoms with Gasteiger partial charge in [-0.25, -0.2) is 9.97 Å². The van der Waals surface area contributed by atoms with E-state index in [-0.39, 0.29) is 0 Å². The van der Waals surface area contributed by atoms with Crippen molar-refractivity contribution in [3.05, 3.63) is 12.4 Å². The molecular weight excluding hydrogens is 162 g/mol. The second-order valence-electron chi connectivity index (χ2n) is 2.01. The second-order valence-corrected chi connectivity index (χ2v) is 2.41. The number of anilines is 1. The van der Waals surface area contributed by atoms with Crippen LogP contribution in [0, 0.1) is 0 Å². The maximum Gasteiger partial charge on any atom is 0.189 e. The van der Waals surface area contributed by atoms with Gasteiger partial charge in [0.2, 0.25) is 0 Å². The van der Waals surface area contributed by atoms with Crippen LogP contribution in [-0.4, -0.2) is 19.6 Å². The molecule has 56 valence electrons. The Morgan fingerprint density at radius 1 is 1.55 bits per heavy atom. The monoisotopic (exact) mass is 167 g/mol. The Hall–Kier alpha value is -1.30. The molecule has 6 heteroatoms. The molecule has 5 nitrogen and oxygen atoms in total. The summed E-state index contributed by atoms with van der Waals surface area (Å²) < 4.78 is 1.50. The van der Waals surface area contributed by atoms with Crippen LogP contribution in [-0.2, 0) is 0 Å². The minimum Gasteiger partial charge on any atom is -0.383 e. The number of aromatic nitrogens is 4. The number of rotatable bonds is 0. The molecule has 0 aliphatic rings. The van der Waals surface area contributed by atoms with E-state index in [2.05, 4.69) is 27.7 Å². The lowest BCUT2D eigenvalue weighted by atomic mass is 10.6. The van der Waals surface area contributed by atoms with E-state index < -0.39 is 0 Å². The fraction of sp³-hybridized carbons (Fsp3) is 0. The first kappa shape index (κ1) is 6.41. The maximum atomic E-state index is 5.44. The molecule has 0 aromatic carbocycles. The molecule has 2 aromatic rings. The smallest absolute Gasteiger partial charge is 0.189 e. The van der Waals surface area contributed by atoms with E-state index in [4.69, 9.17) is 5.73 Å². The van der Waals surface area contributed by atoms with E-state index in [1.54, 1.807) is 6.07 Å². The molecule has 0 spiro atoms. The fourth-order valence-electron chi connectivity index (χ4n) is 0.830. The van der Waals surface area contributed by atoms with Crippen LogP contribution in [0.25, 0.3) is 5.65 Å². The van der Waals surface area contributed by atoms with Gasteiger partial charge in [-0.1, -0.05) is 0 Å². The summed E-state index contributed by atoms with van der Waals surface area (Å²) >= 11 is 4.06. The molecule has 0 fully saturated rings. The zero-order valence-electron chi connectivity index (χ0n) is 5.47. The van der Waals surface area contributed by atoms with Crippen molar-refractivity contribution in [2.24, 2.45) is 0 Å². The van der Waals surface area contributed by atoms with Crippen molar-refractivity contribution >= 4 is 24.1 Å². The highest BCUT2D eigenvalue weighted by Gasteiger charge is 2.00. The molecule has 0 unspecified atom stereocenters. The summed E-state index contributed by atoms with van der Waals surface area (Å²) in [6, 6.07) is 1.63. The predicted octanol–water partition coefficient (Wildman–Crippen LogP) is -0.00480. The highest BCUT2D eigenvalue weighted by atomic mass is 32.1. The van der Waals surface area contributed by atoms with Gasteiger partial charge in [0.15, 0.2) is 10.8 Å². The predicted molar refractivity (Wildman–Crippen MR) is 42.4 cm³/mol. The van der Waals surface area contributed by atoms with Crippen LogP contribution < -0.4 is 5.73 Å². The Bertz CT molecular complexity index is 395. The standard InChI is InChI=1S/C5H5N5S/c6-3-1-4-7-2-8-10(4)5(11)9-3/h1-2H,6H2,(H,9,11). The highest BCUT2D eigenvalue weighted by molar-refractivity contribution is 7.80. The van der Waals surface area contributed by atoms with Gasteiger partial charge in [0, 0.05) is 6.07 Å². The van der Waals surface area contributed by atoms with Crippen LogP contribution in [0.3, 0.4) is 0 Å². The van der Waals surface area contributed by atoms with Crippen LogP contribution in [0.15, 0.2) is 17.6 Å². The van der Waals surface area contributed by atoms with Gasteiger partial charge in [0.05, 0.1) is 0 Å². The normalized spacial score (nSPS) is 10.6. The summed E-state index contributed by atoms with van der Waals surface area (Å²) in [4.78, 5) is 7.80. The van der Waals surface area contributed by atoms with E-state index in [9.17, 15) is 0 Å². The van der Waals surface area contributed by atoms with Gasteiger partial charge in [-0.15, -0.1) is 12.6 Å². The number of nitrogens with zero attached hydrogens (tertiary/aromatic N) is 4. The quantitative estimate of drug-likeness (QED) is 0.428. The lowest BCUT2D eigenvalue weighted by molar-refractivity contribution is 0.802. The molecule has 2 heterocycles. The van der Waals surface area contributed by atoms with E-state index in [1.165, 1.54) is 10.8 Å². The van der Waals surface area contributed by atoms with Crippen molar-refractivity contribution in [2.45, 2.75) is 5.16 Å². The lowest BCUT2D eigenvalue weighted by Crippen LogP contribution is -1.98. The minimum absolute atomic E-state index is 0.399. The summed E-state index contributed by atoms with van der Waals surface area (Å²) in [5.41, 5.74) is 6.10. The van der Waals surface area contributed by atoms with Crippen molar-refractivity contribution in [3.8, 4) is 0 Å². The molecule has 0 aliphatic carbocycles. The van der Waals surface area contributed by atoms with Gasteiger partial charge < -0.3 is 5.73 Å².